The van der Waals surface area contributed by atoms with Gasteiger partial charge in [0.05, 0.1) is 6.33 Å². The van der Waals surface area contributed by atoms with Crippen molar-refractivity contribution in [2.75, 3.05) is 19.6 Å². The maximum Gasteiger partial charge on any atom is 0.0991 e. The van der Waals surface area contributed by atoms with Crippen LogP contribution in [0.25, 0.3) is 5.69 Å². The zero-order valence-electron chi connectivity index (χ0n) is 11.3. The Hall–Kier alpha value is -1.65. The molecule has 1 atom stereocenters. The van der Waals surface area contributed by atoms with Crippen LogP contribution in [0.15, 0.2) is 43.0 Å². The molecule has 1 aliphatic heterocycles. The number of hydrogen-bond acceptors (Lipinski definition) is 3. The first-order valence-electron chi connectivity index (χ1n) is 6.85. The number of aromatic nitrogens is 2. The molecule has 100 valence electrons. The maximum absolute atomic E-state index is 4.07. The summed E-state index contributed by atoms with van der Waals surface area (Å²) in [5, 5.41) is 3.43. The Morgan fingerprint density at radius 2 is 2.16 bits per heavy atom. The lowest BCUT2D eigenvalue weighted by Gasteiger charge is -2.33. The van der Waals surface area contributed by atoms with Gasteiger partial charge in [-0.05, 0) is 24.6 Å². The van der Waals surface area contributed by atoms with Crippen LogP contribution in [0, 0.1) is 0 Å². The van der Waals surface area contributed by atoms with Crippen molar-refractivity contribution in [3.8, 4) is 5.69 Å². The lowest BCUT2D eigenvalue weighted by Crippen LogP contribution is -2.49. The second kappa shape index (κ2) is 5.55. The van der Waals surface area contributed by atoms with Gasteiger partial charge in [-0.3, -0.25) is 4.90 Å². The van der Waals surface area contributed by atoms with Gasteiger partial charge < -0.3 is 9.88 Å². The number of nitrogens with zero attached hydrogens (tertiary/aromatic N) is 3. The molecule has 1 aromatic heterocycles. The van der Waals surface area contributed by atoms with Gasteiger partial charge in [-0.15, -0.1) is 0 Å². The van der Waals surface area contributed by atoms with Crippen LogP contribution in [0.3, 0.4) is 0 Å². The minimum absolute atomic E-state index is 0.613. The molecule has 0 bridgehead atoms. The van der Waals surface area contributed by atoms with Gasteiger partial charge in [-0.1, -0.05) is 12.1 Å². The SMILES string of the molecule is CC1CNCCN1Cc1ccc(-n2ccnc2)cc1. The summed E-state index contributed by atoms with van der Waals surface area (Å²) < 4.78 is 2.03. The molecule has 0 amide bonds. The zero-order chi connectivity index (χ0) is 13.1. The highest BCUT2D eigenvalue weighted by Crippen LogP contribution is 2.13. The Morgan fingerprint density at radius 3 is 2.84 bits per heavy atom. The van der Waals surface area contributed by atoms with E-state index in [9.17, 15) is 0 Å². The van der Waals surface area contributed by atoms with Crippen molar-refractivity contribution in [1.82, 2.24) is 19.8 Å². The normalized spacial score (nSPS) is 20.6. The predicted octanol–water partition coefficient (Wildman–Crippen LogP) is 1.67. The molecule has 4 nitrogen and oxygen atoms in total. The molecule has 1 aromatic carbocycles. The third kappa shape index (κ3) is 2.85. The van der Waals surface area contributed by atoms with Gasteiger partial charge in [0.25, 0.3) is 0 Å². The molecule has 1 N–H and O–H groups in total. The highest BCUT2D eigenvalue weighted by atomic mass is 15.2. The summed E-state index contributed by atoms with van der Waals surface area (Å²) in [6.45, 7) is 6.63. The quantitative estimate of drug-likeness (QED) is 0.907. The largest absolute Gasteiger partial charge is 0.314 e. The standard InChI is InChI=1S/C15H20N4/c1-13-10-16-6-8-18(13)11-14-2-4-15(5-3-14)19-9-7-17-12-19/h2-5,7,9,12-13,16H,6,8,10-11H2,1H3. The summed E-state index contributed by atoms with van der Waals surface area (Å²) in [4.78, 5) is 6.60. The lowest BCUT2D eigenvalue weighted by atomic mass is 10.1. The van der Waals surface area contributed by atoms with Crippen LogP contribution in [-0.2, 0) is 6.54 Å². The Kier molecular flexibility index (Phi) is 3.62. The second-order valence-corrected chi connectivity index (χ2v) is 5.16. The average molecular weight is 256 g/mol. The van der Waals surface area contributed by atoms with Crippen LogP contribution in [0.1, 0.15) is 12.5 Å². The van der Waals surface area contributed by atoms with E-state index in [1.807, 2.05) is 17.1 Å². The van der Waals surface area contributed by atoms with Gasteiger partial charge in [-0.25, -0.2) is 4.98 Å². The Labute approximate surface area is 114 Å². The number of nitrogens with one attached hydrogen (secondary N) is 1. The second-order valence-electron chi connectivity index (χ2n) is 5.16. The summed E-state index contributed by atoms with van der Waals surface area (Å²) in [6, 6.07) is 9.35. The molecule has 1 fully saturated rings. The predicted molar refractivity (Wildman–Crippen MR) is 76.3 cm³/mol. The van der Waals surface area contributed by atoms with E-state index in [1.165, 1.54) is 5.56 Å². The molecule has 0 saturated carbocycles. The van der Waals surface area contributed by atoms with Crippen molar-refractivity contribution < 1.29 is 0 Å². The number of piperazine rings is 1. The monoisotopic (exact) mass is 256 g/mol. The van der Waals surface area contributed by atoms with E-state index in [0.29, 0.717) is 6.04 Å². The summed E-state index contributed by atoms with van der Waals surface area (Å²) in [5.74, 6) is 0. The Morgan fingerprint density at radius 1 is 1.32 bits per heavy atom. The van der Waals surface area contributed by atoms with Gasteiger partial charge in [0.1, 0.15) is 0 Å². The zero-order valence-corrected chi connectivity index (χ0v) is 11.3. The number of imidazole rings is 1. The fourth-order valence-electron chi connectivity index (χ4n) is 2.54. The van der Waals surface area contributed by atoms with Crippen LogP contribution in [0.5, 0.6) is 0 Å². The van der Waals surface area contributed by atoms with Gasteiger partial charge >= 0.3 is 0 Å². The molecule has 0 spiro atoms. The van der Waals surface area contributed by atoms with Crippen molar-refractivity contribution in [1.29, 1.82) is 0 Å². The van der Waals surface area contributed by atoms with E-state index < -0.39 is 0 Å². The summed E-state index contributed by atoms with van der Waals surface area (Å²) >= 11 is 0. The van der Waals surface area contributed by atoms with Crippen molar-refractivity contribution in [2.45, 2.75) is 19.5 Å². The van der Waals surface area contributed by atoms with Crippen LogP contribution < -0.4 is 5.32 Å². The van der Waals surface area contributed by atoms with Crippen molar-refractivity contribution >= 4 is 0 Å². The smallest absolute Gasteiger partial charge is 0.0991 e. The summed E-state index contributed by atoms with van der Waals surface area (Å²) in [6.07, 6.45) is 5.59. The maximum atomic E-state index is 4.07. The first-order valence-corrected chi connectivity index (χ1v) is 6.85. The highest BCUT2D eigenvalue weighted by Gasteiger charge is 2.17. The van der Waals surface area contributed by atoms with Crippen LogP contribution in [0.2, 0.25) is 0 Å². The first kappa shape index (κ1) is 12.4. The van der Waals surface area contributed by atoms with Crippen molar-refractivity contribution in [3.63, 3.8) is 0 Å². The van der Waals surface area contributed by atoms with E-state index in [4.69, 9.17) is 0 Å². The number of hydrogen-bond donors (Lipinski definition) is 1. The van der Waals surface area contributed by atoms with E-state index in [1.54, 1.807) is 6.20 Å². The van der Waals surface area contributed by atoms with Crippen LogP contribution in [-0.4, -0.2) is 40.1 Å². The Balaban J connectivity index is 1.69. The molecule has 0 radical (unpaired) electrons. The fourth-order valence-corrected chi connectivity index (χ4v) is 2.54. The van der Waals surface area contributed by atoms with Gasteiger partial charge in [0, 0.05) is 50.3 Å². The molecule has 1 aliphatic rings. The van der Waals surface area contributed by atoms with Crippen LogP contribution in [0.4, 0.5) is 0 Å². The third-order valence-corrected chi connectivity index (χ3v) is 3.76. The molecule has 2 aromatic rings. The molecular weight excluding hydrogens is 236 g/mol. The van der Waals surface area contributed by atoms with Crippen molar-refractivity contribution in [2.24, 2.45) is 0 Å². The molecule has 3 rings (SSSR count). The van der Waals surface area contributed by atoms with E-state index >= 15 is 0 Å². The Bertz CT molecular complexity index is 503. The van der Waals surface area contributed by atoms with Crippen molar-refractivity contribution in [3.05, 3.63) is 48.5 Å². The minimum atomic E-state index is 0.613. The molecular formula is C15H20N4. The molecule has 19 heavy (non-hydrogen) atoms. The highest BCUT2D eigenvalue weighted by molar-refractivity contribution is 5.34. The number of benzene rings is 1. The van der Waals surface area contributed by atoms with Gasteiger partial charge in [0.15, 0.2) is 0 Å². The van der Waals surface area contributed by atoms with E-state index in [2.05, 4.69) is 46.4 Å². The summed E-state index contributed by atoms with van der Waals surface area (Å²) in [5.41, 5.74) is 2.53. The molecule has 4 heteroatoms. The minimum Gasteiger partial charge on any atom is -0.314 e. The van der Waals surface area contributed by atoms with Gasteiger partial charge in [0.2, 0.25) is 0 Å². The average Bonchev–Trinajstić information content (AvgIpc) is 2.96. The summed E-state index contributed by atoms with van der Waals surface area (Å²) in [7, 11) is 0. The van der Waals surface area contributed by atoms with E-state index in [-0.39, 0.29) is 0 Å². The lowest BCUT2D eigenvalue weighted by molar-refractivity contribution is 0.165. The molecule has 0 aliphatic carbocycles. The topological polar surface area (TPSA) is 33.1 Å². The molecule has 2 heterocycles. The van der Waals surface area contributed by atoms with Crippen LogP contribution >= 0.6 is 0 Å². The first-order chi connectivity index (χ1) is 9.33. The number of rotatable bonds is 3. The molecule has 1 unspecified atom stereocenters. The third-order valence-electron chi connectivity index (χ3n) is 3.76. The van der Waals surface area contributed by atoms with Gasteiger partial charge in [-0.2, -0.15) is 0 Å². The van der Waals surface area contributed by atoms with E-state index in [0.717, 1.165) is 31.9 Å². The fraction of sp³-hybridized carbons (Fsp3) is 0.400. The molecule has 1 saturated heterocycles.